The molecule has 4 N–H and O–H groups in total. The lowest BCUT2D eigenvalue weighted by molar-refractivity contribution is 0.0692. The number of anilines is 2. The van der Waals surface area contributed by atoms with Gasteiger partial charge < -0.3 is 16.2 Å². The zero-order valence-corrected chi connectivity index (χ0v) is 11.0. The maximum Gasteiger partial charge on any atom is 0.338 e. The Bertz CT molecular complexity index is 493. The summed E-state index contributed by atoms with van der Waals surface area (Å²) in [6, 6.07) is 2.33. The Labute approximate surface area is 111 Å². The predicted octanol–water partition coefficient (Wildman–Crippen LogP) is 3.10. The minimum absolute atomic E-state index is 0.268. The lowest BCUT2D eigenvalue weighted by atomic mass is 9.67. The van der Waals surface area contributed by atoms with E-state index in [-0.39, 0.29) is 11.1 Å². The summed E-state index contributed by atoms with van der Waals surface area (Å²) in [4.78, 5) is 10.8. The molecule has 1 aliphatic rings. The third-order valence-corrected chi connectivity index (χ3v) is 4.19. The highest BCUT2D eigenvalue weighted by Crippen LogP contribution is 2.44. The van der Waals surface area contributed by atoms with Gasteiger partial charge in [0.2, 0.25) is 0 Å². The van der Waals surface area contributed by atoms with Crippen LogP contribution in [0.5, 0.6) is 0 Å². The molecule has 0 unspecified atom stereocenters. The molecule has 0 saturated heterocycles. The van der Waals surface area contributed by atoms with E-state index in [9.17, 15) is 9.18 Å². The van der Waals surface area contributed by atoms with Crippen molar-refractivity contribution in [3.63, 3.8) is 0 Å². The molecule has 0 heterocycles. The Kier molecular flexibility index (Phi) is 3.64. The lowest BCUT2D eigenvalue weighted by Gasteiger charge is -2.41. The summed E-state index contributed by atoms with van der Waals surface area (Å²) in [6.45, 7) is 2.90. The zero-order valence-electron chi connectivity index (χ0n) is 11.0. The third kappa shape index (κ3) is 2.64. The van der Waals surface area contributed by atoms with Crippen molar-refractivity contribution in [1.82, 2.24) is 0 Å². The smallest absolute Gasteiger partial charge is 0.338 e. The molecule has 5 heteroatoms. The molecule has 1 saturated carbocycles. The van der Waals surface area contributed by atoms with Gasteiger partial charge in [0.1, 0.15) is 5.82 Å². The van der Waals surface area contributed by atoms with Gasteiger partial charge in [-0.2, -0.15) is 0 Å². The number of nitrogen functional groups attached to an aromatic ring is 1. The quantitative estimate of drug-likeness (QED) is 0.716. The van der Waals surface area contributed by atoms with E-state index >= 15 is 0 Å². The summed E-state index contributed by atoms with van der Waals surface area (Å²) in [5.74, 6) is -2.07. The average molecular weight is 266 g/mol. The molecule has 0 aliphatic heterocycles. The molecule has 0 radical (unpaired) electrons. The molecule has 104 valence electrons. The molecule has 0 atom stereocenters. The second-order valence-corrected chi connectivity index (χ2v) is 5.29. The van der Waals surface area contributed by atoms with E-state index in [1.807, 2.05) is 0 Å². The number of hydrogen-bond acceptors (Lipinski definition) is 3. The molecule has 0 aromatic heterocycles. The van der Waals surface area contributed by atoms with Crippen LogP contribution in [0, 0.1) is 11.2 Å². The number of nitrogens with one attached hydrogen (secondary N) is 1. The minimum Gasteiger partial charge on any atom is -0.478 e. The number of halogens is 1. The summed E-state index contributed by atoms with van der Waals surface area (Å²) in [5, 5.41) is 12.0. The number of nitrogens with two attached hydrogens (primary N) is 1. The maximum absolute atomic E-state index is 13.6. The van der Waals surface area contributed by atoms with E-state index in [0.717, 1.165) is 13.0 Å². The van der Waals surface area contributed by atoms with Crippen LogP contribution in [0.15, 0.2) is 12.1 Å². The molecule has 0 amide bonds. The second-order valence-electron chi connectivity index (χ2n) is 5.29. The van der Waals surface area contributed by atoms with Gasteiger partial charge in [0.05, 0.1) is 16.9 Å². The van der Waals surface area contributed by atoms with E-state index in [1.54, 1.807) is 0 Å². The van der Waals surface area contributed by atoms with Gasteiger partial charge in [-0.25, -0.2) is 9.18 Å². The molecular formula is C14H19FN2O2. The fraction of sp³-hybridized carbons (Fsp3) is 0.500. The van der Waals surface area contributed by atoms with Gasteiger partial charge in [-0.1, -0.05) is 13.3 Å². The number of aromatic carboxylic acids is 1. The number of benzene rings is 1. The van der Waals surface area contributed by atoms with Gasteiger partial charge in [-0.15, -0.1) is 0 Å². The Morgan fingerprint density at radius 2 is 2.21 bits per heavy atom. The van der Waals surface area contributed by atoms with E-state index in [0.29, 0.717) is 5.69 Å². The molecule has 4 nitrogen and oxygen atoms in total. The average Bonchev–Trinajstić information content (AvgIpc) is 2.31. The first-order valence-corrected chi connectivity index (χ1v) is 6.53. The van der Waals surface area contributed by atoms with Crippen molar-refractivity contribution in [3.05, 3.63) is 23.5 Å². The summed E-state index contributed by atoms with van der Waals surface area (Å²) in [7, 11) is 0. The van der Waals surface area contributed by atoms with Gasteiger partial charge in [0.25, 0.3) is 0 Å². The van der Waals surface area contributed by atoms with Crippen LogP contribution in [-0.4, -0.2) is 17.6 Å². The van der Waals surface area contributed by atoms with Crippen LogP contribution < -0.4 is 11.1 Å². The minimum atomic E-state index is -1.31. The first kappa shape index (κ1) is 13.6. The first-order chi connectivity index (χ1) is 8.97. The van der Waals surface area contributed by atoms with Crippen LogP contribution in [0.1, 0.15) is 43.0 Å². The first-order valence-electron chi connectivity index (χ1n) is 6.53. The molecule has 19 heavy (non-hydrogen) atoms. The Morgan fingerprint density at radius 1 is 1.53 bits per heavy atom. The number of rotatable bonds is 5. The van der Waals surface area contributed by atoms with Crippen molar-refractivity contribution in [2.24, 2.45) is 5.41 Å². The monoisotopic (exact) mass is 266 g/mol. The summed E-state index contributed by atoms with van der Waals surface area (Å²) >= 11 is 0. The molecular weight excluding hydrogens is 247 g/mol. The van der Waals surface area contributed by atoms with Crippen LogP contribution in [0.2, 0.25) is 0 Å². The van der Waals surface area contributed by atoms with Gasteiger partial charge >= 0.3 is 5.97 Å². The van der Waals surface area contributed by atoms with Crippen LogP contribution in [0.3, 0.4) is 0 Å². The maximum atomic E-state index is 13.6. The highest BCUT2D eigenvalue weighted by atomic mass is 19.1. The normalized spacial score (nSPS) is 16.7. The van der Waals surface area contributed by atoms with E-state index < -0.39 is 17.3 Å². The van der Waals surface area contributed by atoms with Crippen molar-refractivity contribution in [3.8, 4) is 0 Å². The highest BCUT2D eigenvalue weighted by molar-refractivity contribution is 5.90. The highest BCUT2D eigenvalue weighted by Gasteiger charge is 2.34. The van der Waals surface area contributed by atoms with Crippen molar-refractivity contribution in [2.75, 3.05) is 17.6 Å². The van der Waals surface area contributed by atoms with Gasteiger partial charge in [-0.05, 0) is 36.8 Å². The molecule has 1 aromatic carbocycles. The molecule has 0 spiro atoms. The topological polar surface area (TPSA) is 75.3 Å². The molecule has 0 bridgehead atoms. The largest absolute Gasteiger partial charge is 0.478 e. The van der Waals surface area contributed by atoms with Crippen LogP contribution in [0.25, 0.3) is 0 Å². The Hall–Kier alpha value is -1.78. The van der Waals surface area contributed by atoms with Gasteiger partial charge in [0, 0.05) is 6.54 Å². The SMILES string of the molecule is CCC1(CNc2cc(F)c(C(=O)O)cc2N)CCC1. The molecule has 1 aromatic rings. The number of carbonyl (C=O) groups is 1. The fourth-order valence-corrected chi connectivity index (χ4v) is 2.52. The van der Waals surface area contributed by atoms with Crippen LogP contribution in [0.4, 0.5) is 15.8 Å². The Morgan fingerprint density at radius 3 is 2.68 bits per heavy atom. The van der Waals surface area contributed by atoms with Gasteiger partial charge in [-0.3, -0.25) is 0 Å². The van der Waals surface area contributed by atoms with Crippen molar-refractivity contribution in [1.29, 1.82) is 0 Å². The molecule has 1 fully saturated rings. The predicted molar refractivity (Wildman–Crippen MR) is 72.8 cm³/mol. The number of carboxylic acids is 1. The van der Waals surface area contributed by atoms with Crippen LogP contribution in [-0.2, 0) is 0 Å². The van der Waals surface area contributed by atoms with E-state index in [2.05, 4.69) is 12.2 Å². The van der Waals surface area contributed by atoms with E-state index in [4.69, 9.17) is 10.8 Å². The molecule has 2 rings (SSSR count). The van der Waals surface area contributed by atoms with Crippen LogP contribution >= 0.6 is 0 Å². The standard InChI is InChI=1S/C14H19FN2O2/c1-2-14(4-3-5-14)8-17-12-7-10(15)9(13(18)19)6-11(12)16/h6-7,17H,2-5,8,16H2,1H3,(H,18,19). The summed E-state index contributed by atoms with van der Waals surface area (Å²) in [5.41, 5.74) is 6.40. The Balaban J connectivity index is 2.13. The van der Waals surface area contributed by atoms with E-state index in [1.165, 1.54) is 31.4 Å². The number of carboxylic acid groups (broad SMARTS) is 1. The van der Waals surface area contributed by atoms with Crippen molar-refractivity contribution in [2.45, 2.75) is 32.6 Å². The number of hydrogen-bond donors (Lipinski definition) is 3. The second kappa shape index (κ2) is 5.07. The fourth-order valence-electron chi connectivity index (χ4n) is 2.52. The van der Waals surface area contributed by atoms with Crippen molar-refractivity contribution >= 4 is 17.3 Å². The third-order valence-electron chi connectivity index (χ3n) is 4.19. The zero-order chi connectivity index (χ0) is 14.0. The molecule has 1 aliphatic carbocycles. The lowest BCUT2D eigenvalue weighted by Crippen LogP contribution is -2.36. The summed E-state index contributed by atoms with van der Waals surface area (Å²) in [6.07, 6.45) is 4.66. The summed E-state index contributed by atoms with van der Waals surface area (Å²) < 4.78 is 13.6. The van der Waals surface area contributed by atoms with Gasteiger partial charge in [0.15, 0.2) is 0 Å². The van der Waals surface area contributed by atoms with Crippen molar-refractivity contribution < 1.29 is 14.3 Å².